The van der Waals surface area contributed by atoms with Crippen LogP contribution in [-0.2, 0) is 0 Å². The fraction of sp³-hybridized carbons (Fsp3) is 0.0417. The first-order valence-corrected chi connectivity index (χ1v) is 17.4. The van der Waals surface area contributed by atoms with Crippen LogP contribution in [0, 0.1) is 0 Å². The van der Waals surface area contributed by atoms with Crippen molar-refractivity contribution in [1.29, 1.82) is 0 Å². The Morgan fingerprint density at radius 1 is 0.420 bits per heavy atom. The summed E-state index contributed by atoms with van der Waals surface area (Å²) in [4.78, 5) is 2.47. The van der Waals surface area contributed by atoms with E-state index >= 15 is 0 Å². The predicted molar refractivity (Wildman–Crippen MR) is 210 cm³/mol. The maximum Gasteiger partial charge on any atom is 0.0541 e. The van der Waals surface area contributed by atoms with Gasteiger partial charge in [0.2, 0.25) is 0 Å². The Morgan fingerprint density at radius 2 is 1.04 bits per heavy atom. The topological polar surface area (TPSA) is 8.17 Å². The molecule has 1 aliphatic carbocycles. The SMILES string of the molecule is C1=C(c2ccc(-c3ccc4c(c3)c3ccccc3n4-c3ccccc3)cc2)CC2C(=C1)N(c1cccc(-c3ccccc3)c1)c1ccccc12. The van der Waals surface area contributed by atoms with E-state index in [0.29, 0.717) is 5.92 Å². The van der Waals surface area contributed by atoms with Gasteiger partial charge in [0.15, 0.2) is 0 Å². The molecule has 1 aromatic heterocycles. The lowest BCUT2D eigenvalue weighted by Gasteiger charge is -2.27. The van der Waals surface area contributed by atoms with Gasteiger partial charge < -0.3 is 9.47 Å². The normalized spacial score (nSPS) is 15.1. The average molecular weight is 639 g/mol. The molecule has 0 N–H and O–H groups in total. The molecular formula is C48H34N2. The molecule has 0 spiro atoms. The van der Waals surface area contributed by atoms with Gasteiger partial charge in [-0.25, -0.2) is 0 Å². The molecule has 7 aromatic carbocycles. The van der Waals surface area contributed by atoms with Crippen LogP contribution < -0.4 is 4.90 Å². The molecule has 2 heterocycles. The van der Waals surface area contributed by atoms with Crippen molar-refractivity contribution >= 4 is 38.8 Å². The second-order valence-electron chi connectivity index (χ2n) is 13.3. The van der Waals surface area contributed by atoms with Gasteiger partial charge >= 0.3 is 0 Å². The number of para-hydroxylation sites is 3. The largest absolute Gasteiger partial charge is 0.313 e. The highest BCUT2D eigenvalue weighted by molar-refractivity contribution is 6.10. The standard InChI is InChI=1S/C48H34N2/c1-3-12-33(13-4-1)36-14-11-17-40(30-36)50-46-21-10-8-19-42(46)44-32-38(27-29-48(44)50)35-24-22-34(23-25-35)37-26-28-47-43(31-37)41-18-7-9-20-45(41)49(47)39-15-5-2-6-16-39/h1-31,44H,32H2. The molecule has 0 saturated carbocycles. The number of fused-ring (bicyclic) bond motifs is 6. The van der Waals surface area contributed by atoms with Crippen LogP contribution in [0.2, 0.25) is 0 Å². The van der Waals surface area contributed by atoms with E-state index in [0.717, 1.165) is 6.42 Å². The van der Waals surface area contributed by atoms with E-state index in [1.54, 1.807) is 0 Å². The molecule has 0 saturated heterocycles. The predicted octanol–water partition coefficient (Wildman–Crippen LogP) is 12.7. The van der Waals surface area contributed by atoms with Crippen molar-refractivity contribution in [3.8, 4) is 27.9 Å². The molecule has 50 heavy (non-hydrogen) atoms. The van der Waals surface area contributed by atoms with Gasteiger partial charge in [-0.3, -0.25) is 0 Å². The highest BCUT2D eigenvalue weighted by Gasteiger charge is 2.36. The third-order valence-corrected chi connectivity index (χ3v) is 10.5. The smallest absolute Gasteiger partial charge is 0.0541 e. The van der Waals surface area contributed by atoms with Crippen LogP contribution in [0.4, 0.5) is 11.4 Å². The highest BCUT2D eigenvalue weighted by Crippen LogP contribution is 2.53. The van der Waals surface area contributed by atoms with Crippen molar-refractivity contribution in [2.24, 2.45) is 0 Å². The molecule has 0 fully saturated rings. The van der Waals surface area contributed by atoms with Crippen molar-refractivity contribution in [3.05, 3.63) is 205 Å². The Hall–Kier alpha value is -6.38. The molecular weight excluding hydrogens is 605 g/mol. The summed E-state index contributed by atoms with van der Waals surface area (Å²) < 4.78 is 2.37. The van der Waals surface area contributed by atoms with Crippen molar-refractivity contribution in [2.75, 3.05) is 4.90 Å². The monoisotopic (exact) mass is 638 g/mol. The lowest BCUT2D eigenvalue weighted by atomic mass is 9.84. The molecule has 2 heteroatoms. The summed E-state index contributed by atoms with van der Waals surface area (Å²) in [6.45, 7) is 0. The lowest BCUT2D eigenvalue weighted by molar-refractivity contribution is 0.832. The van der Waals surface area contributed by atoms with Crippen LogP contribution in [0.25, 0.3) is 55.3 Å². The Kier molecular flexibility index (Phi) is 6.67. The van der Waals surface area contributed by atoms with Crippen LogP contribution >= 0.6 is 0 Å². The summed E-state index contributed by atoms with van der Waals surface area (Å²) in [5.41, 5.74) is 16.5. The summed E-state index contributed by atoms with van der Waals surface area (Å²) in [5.74, 6) is 0.315. The van der Waals surface area contributed by atoms with Gasteiger partial charge in [-0.2, -0.15) is 0 Å². The fourth-order valence-electron chi connectivity index (χ4n) is 8.16. The molecule has 2 nitrogen and oxygen atoms in total. The molecule has 0 radical (unpaired) electrons. The third-order valence-electron chi connectivity index (χ3n) is 10.5. The summed E-state index contributed by atoms with van der Waals surface area (Å²) in [5, 5.41) is 2.55. The Balaban J connectivity index is 0.987. The van der Waals surface area contributed by atoms with Crippen LogP contribution in [0.1, 0.15) is 23.5 Å². The molecule has 0 bridgehead atoms. The van der Waals surface area contributed by atoms with Crippen LogP contribution in [0.15, 0.2) is 194 Å². The van der Waals surface area contributed by atoms with E-state index in [1.165, 1.54) is 83.5 Å². The second-order valence-corrected chi connectivity index (χ2v) is 13.3. The number of allylic oxidation sites excluding steroid dienone is 4. The van der Waals surface area contributed by atoms with Crippen molar-refractivity contribution in [1.82, 2.24) is 4.57 Å². The molecule has 10 rings (SSSR count). The summed E-state index contributed by atoms with van der Waals surface area (Å²) in [6, 6.07) is 64.0. The van der Waals surface area contributed by atoms with Gasteiger partial charge in [0.1, 0.15) is 0 Å². The first kappa shape index (κ1) is 28.6. The molecule has 1 atom stereocenters. The molecule has 1 unspecified atom stereocenters. The fourth-order valence-corrected chi connectivity index (χ4v) is 8.16. The van der Waals surface area contributed by atoms with Crippen molar-refractivity contribution in [2.45, 2.75) is 12.3 Å². The van der Waals surface area contributed by atoms with Gasteiger partial charge in [-0.15, -0.1) is 0 Å². The minimum atomic E-state index is 0.315. The van der Waals surface area contributed by atoms with E-state index in [9.17, 15) is 0 Å². The second kappa shape index (κ2) is 11.6. The minimum Gasteiger partial charge on any atom is -0.313 e. The molecule has 236 valence electrons. The van der Waals surface area contributed by atoms with Gasteiger partial charge in [-0.1, -0.05) is 133 Å². The van der Waals surface area contributed by atoms with Gasteiger partial charge in [-0.05, 0) is 100.0 Å². The van der Waals surface area contributed by atoms with Crippen molar-refractivity contribution < 1.29 is 0 Å². The first-order chi connectivity index (χ1) is 24.8. The van der Waals surface area contributed by atoms with Gasteiger partial charge in [0.05, 0.1) is 11.0 Å². The minimum absolute atomic E-state index is 0.315. The number of anilines is 2. The lowest BCUT2D eigenvalue weighted by Crippen LogP contribution is -2.15. The van der Waals surface area contributed by atoms with E-state index in [1.807, 2.05) is 0 Å². The quantitative estimate of drug-likeness (QED) is 0.182. The number of aromatic nitrogens is 1. The number of hydrogen-bond acceptors (Lipinski definition) is 1. The maximum absolute atomic E-state index is 2.47. The van der Waals surface area contributed by atoms with Gasteiger partial charge in [0, 0.05) is 39.4 Å². The first-order valence-electron chi connectivity index (χ1n) is 17.4. The van der Waals surface area contributed by atoms with Crippen LogP contribution in [0.5, 0.6) is 0 Å². The molecule has 0 amide bonds. The van der Waals surface area contributed by atoms with Crippen LogP contribution in [-0.4, -0.2) is 4.57 Å². The maximum atomic E-state index is 2.47. The van der Waals surface area contributed by atoms with E-state index in [2.05, 4.69) is 198 Å². The summed E-state index contributed by atoms with van der Waals surface area (Å²) >= 11 is 0. The average Bonchev–Trinajstić information content (AvgIpc) is 3.71. The summed E-state index contributed by atoms with van der Waals surface area (Å²) in [7, 11) is 0. The zero-order valence-electron chi connectivity index (χ0n) is 27.6. The summed E-state index contributed by atoms with van der Waals surface area (Å²) in [6.07, 6.45) is 5.66. The Bertz CT molecular complexity index is 2610. The highest BCUT2D eigenvalue weighted by atomic mass is 15.2. The zero-order valence-corrected chi connectivity index (χ0v) is 27.6. The van der Waals surface area contributed by atoms with E-state index in [4.69, 9.17) is 0 Å². The third kappa shape index (κ3) is 4.64. The Labute approximate surface area is 292 Å². The Morgan fingerprint density at radius 3 is 1.90 bits per heavy atom. The molecule has 8 aromatic rings. The van der Waals surface area contributed by atoms with E-state index < -0.39 is 0 Å². The van der Waals surface area contributed by atoms with Gasteiger partial charge in [0.25, 0.3) is 0 Å². The zero-order chi connectivity index (χ0) is 33.0. The van der Waals surface area contributed by atoms with Crippen molar-refractivity contribution in [3.63, 3.8) is 0 Å². The molecule has 1 aliphatic heterocycles. The number of benzene rings is 7. The number of rotatable bonds is 5. The molecule has 2 aliphatic rings. The number of nitrogens with zero attached hydrogens (tertiary/aromatic N) is 2. The van der Waals surface area contributed by atoms with E-state index in [-0.39, 0.29) is 0 Å². The van der Waals surface area contributed by atoms with Crippen LogP contribution in [0.3, 0.4) is 0 Å². The number of hydrogen-bond donors (Lipinski definition) is 0.